The molecule has 0 aliphatic rings. The maximum atomic E-state index is 11.0. The van der Waals surface area contributed by atoms with E-state index in [1.54, 1.807) is 12.1 Å². The van der Waals surface area contributed by atoms with E-state index in [4.69, 9.17) is 0 Å². The molecule has 0 bridgehead atoms. The van der Waals surface area contributed by atoms with Crippen LogP contribution in [0.1, 0.15) is 20.0 Å². The van der Waals surface area contributed by atoms with Crippen LogP contribution in [-0.4, -0.2) is 17.7 Å². The number of carbonyl (C=O) groups excluding carboxylic acids is 2. The SMILES string of the molecule is O=Cc1ccc(-c2ccc3c(C=O)c(O)ccc3c2)s1. The van der Waals surface area contributed by atoms with E-state index in [0.717, 1.165) is 27.5 Å². The minimum absolute atomic E-state index is 0.0142. The largest absolute Gasteiger partial charge is 0.507 e. The van der Waals surface area contributed by atoms with Gasteiger partial charge in [-0.15, -0.1) is 11.3 Å². The van der Waals surface area contributed by atoms with Crippen molar-refractivity contribution in [1.29, 1.82) is 0 Å². The quantitative estimate of drug-likeness (QED) is 0.741. The maximum absolute atomic E-state index is 11.0. The molecule has 0 unspecified atom stereocenters. The molecule has 4 heteroatoms. The summed E-state index contributed by atoms with van der Waals surface area (Å²) < 4.78 is 0. The van der Waals surface area contributed by atoms with Crippen LogP contribution in [0.15, 0.2) is 42.5 Å². The van der Waals surface area contributed by atoms with Gasteiger partial charge in [-0.3, -0.25) is 9.59 Å². The molecule has 2 aromatic carbocycles. The first-order valence-corrected chi connectivity index (χ1v) is 6.81. The van der Waals surface area contributed by atoms with Crippen molar-refractivity contribution in [2.75, 3.05) is 0 Å². The first-order valence-electron chi connectivity index (χ1n) is 5.99. The maximum Gasteiger partial charge on any atom is 0.160 e. The summed E-state index contributed by atoms with van der Waals surface area (Å²) in [4.78, 5) is 23.4. The van der Waals surface area contributed by atoms with Gasteiger partial charge in [0.2, 0.25) is 0 Å². The fourth-order valence-corrected chi connectivity index (χ4v) is 3.01. The third-order valence-electron chi connectivity index (χ3n) is 3.18. The third-order valence-corrected chi connectivity index (χ3v) is 4.24. The number of phenolic OH excluding ortho intramolecular Hbond substituents is 1. The van der Waals surface area contributed by atoms with Crippen LogP contribution >= 0.6 is 11.3 Å². The van der Waals surface area contributed by atoms with Crippen molar-refractivity contribution in [3.05, 3.63) is 52.9 Å². The molecule has 0 saturated carbocycles. The monoisotopic (exact) mass is 282 g/mol. The van der Waals surface area contributed by atoms with Gasteiger partial charge in [-0.1, -0.05) is 18.2 Å². The second-order valence-electron chi connectivity index (χ2n) is 4.37. The number of carbonyl (C=O) groups is 2. The predicted molar refractivity (Wildman–Crippen MR) is 79.7 cm³/mol. The summed E-state index contributed by atoms with van der Waals surface area (Å²) >= 11 is 1.42. The van der Waals surface area contributed by atoms with Gasteiger partial charge in [-0.05, 0) is 40.6 Å². The van der Waals surface area contributed by atoms with Crippen LogP contribution in [0.4, 0.5) is 0 Å². The van der Waals surface area contributed by atoms with Gasteiger partial charge >= 0.3 is 0 Å². The van der Waals surface area contributed by atoms with Crippen molar-refractivity contribution in [2.24, 2.45) is 0 Å². The highest BCUT2D eigenvalue weighted by molar-refractivity contribution is 7.17. The number of benzene rings is 2. The molecule has 0 amide bonds. The zero-order valence-electron chi connectivity index (χ0n) is 10.4. The van der Waals surface area contributed by atoms with E-state index >= 15 is 0 Å². The Balaban J connectivity index is 2.18. The van der Waals surface area contributed by atoms with Crippen LogP contribution in [0, 0.1) is 0 Å². The number of aromatic hydroxyl groups is 1. The van der Waals surface area contributed by atoms with Crippen molar-refractivity contribution >= 4 is 34.7 Å². The number of phenols is 1. The van der Waals surface area contributed by atoms with Gasteiger partial charge in [0.15, 0.2) is 12.6 Å². The summed E-state index contributed by atoms with van der Waals surface area (Å²) in [5, 5.41) is 11.3. The second kappa shape index (κ2) is 4.90. The number of rotatable bonds is 3. The molecule has 1 heterocycles. The van der Waals surface area contributed by atoms with Gasteiger partial charge in [0.05, 0.1) is 10.4 Å². The minimum atomic E-state index is -0.0142. The zero-order valence-corrected chi connectivity index (χ0v) is 11.2. The number of thiophene rings is 1. The smallest absolute Gasteiger partial charge is 0.160 e. The normalized spacial score (nSPS) is 10.6. The fraction of sp³-hybridized carbons (Fsp3) is 0. The Morgan fingerprint density at radius 1 is 0.950 bits per heavy atom. The standard InChI is InChI=1S/C16H10O3S/c17-8-12-3-6-16(20-12)11-1-4-13-10(7-11)2-5-15(19)14(13)9-18/h1-9,19H. The molecular weight excluding hydrogens is 272 g/mol. The van der Waals surface area contributed by atoms with Crippen LogP contribution in [-0.2, 0) is 0 Å². The average Bonchev–Trinajstić information content (AvgIpc) is 2.95. The van der Waals surface area contributed by atoms with Crippen molar-refractivity contribution < 1.29 is 14.7 Å². The van der Waals surface area contributed by atoms with E-state index in [1.165, 1.54) is 17.4 Å². The van der Waals surface area contributed by atoms with Crippen molar-refractivity contribution in [1.82, 2.24) is 0 Å². The summed E-state index contributed by atoms with van der Waals surface area (Å²) in [6, 6.07) is 12.6. The Hall–Kier alpha value is -2.46. The Kier molecular flexibility index (Phi) is 3.08. The van der Waals surface area contributed by atoms with Gasteiger partial charge in [0, 0.05) is 4.88 Å². The summed E-state index contributed by atoms with van der Waals surface area (Å²) in [6.45, 7) is 0. The van der Waals surface area contributed by atoms with Crippen LogP contribution in [0.25, 0.3) is 21.2 Å². The molecule has 0 fully saturated rings. The van der Waals surface area contributed by atoms with Crippen LogP contribution in [0.3, 0.4) is 0 Å². The molecule has 1 N–H and O–H groups in total. The lowest BCUT2D eigenvalue weighted by Crippen LogP contribution is -1.85. The molecular formula is C16H10O3S. The lowest BCUT2D eigenvalue weighted by molar-refractivity contribution is 0.111. The van der Waals surface area contributed by atoms with E-state index in [0.29, 0.717) is 16.7 Å². The van der Waals surface area contributed by atoms with E-state index < -0.39 is 0 Å². The third kappa shape index (κ3) is 2.00. The van der Waals surface area contributed by atoms with Crippen molar-refractivity contribution in [3.8, 4) is 16.2 Å². The zero-order chi connectivity index (χ0) is 14.1. The van der Waals surface area contributed by atoms with Gasteiger partial charge in [-0.25, -0.2) is 0 Å². The average molecular weight is 282 g/mol. The highest BCUT2D eigenvalue weighted by Crippen LogP contribution is 2.32. The number of hydrogen-bond donors (Lipinski definition) is 1. The van der Waals surface area contributed by atoms with E-state index in [1.807, 2.05) is 24.3 Å². The van der Waals surface area contributed by atoms with E-state index in [9.17, 15) is 14.7 Å². The molecule has 0 radical (unpaired) electrons. The second-order valence-corrected chi connectivity index (χ2v) is 5.49. The molecule has 0 atom stereocenters. The lowest BCUT2D eigenvalue weighted by Gasteiger charge is -2.05. The highest BCUT2D eigenvalue weighted by atomic mass is 32.1. The highest BCUT2D eigenvalue weighted by Gasteiger charge is 2.08. The molecule has 0 aliphatic carbocycles. The summed E-state index contributed by atoms with van der Waals surface area (Å²) in [6.07, 6.45) is 1.49. The Labute approximate surface area is 119 Å². The summed E-state index contributed by atoms with van der Waals surface area (Å²) in [5.41, 5.74) is 1.28. The van der Waals surface area contributed by atoms with E-state index in [-0.39, 0.29) is 5.75 Å². The Morgan fingerprint density at radius 2 is 1.80 bits per heavy atom. The molecule has 20 heavy (non-hydrogen) atoms. The first kappa shape index (κ1) is 12.6. The van der Waals surface area contributed by atoms with Gasteiger partial charge in [0.25, 0.3) is 0 Å². The van der Waals surface area contributed by atoms with E-state index in [2.05, 4.69) is 0 Å². The molecule has 3 rings (SSSR count). The molecule has 0 spiro atoms. The van der Waals surface area contributed by atoms with Crippen LogP contribution in [0.5, 0.6) is 5.75 Å². The summed E-state index contributed by atoms with van der Waals surface area (Å²) in [5.74, 6) is -0.0142. The number of hydrogen-bond acceptors (Lipinski definition) is 4. The minimum Gasteiger partial charge on any atom is -0.507 e. The fourth-order valence-electron chi connectivity index (χ4n) is 2.19. The van der Waals surface area contributed by atoms with Crippen LogP contribution < -0.4 is 0 Å². The van der Waals surface area contributed by atoms with Crippen molar-refractivity contribution in [2.45, 2.75) is 0 Å². The Bertz CT molecular complexity index is 818. The van der Waals surface area contributed by atoms with Gasteiger partial charge in [0.1, 0.15) is 5.75 Å². The predicted octanol–water partition coefficient (Wildman–Crippen LogP) is 3.90. The van der Waals surface area contributed by atoms with Crippen LogP contribution in [0.2, 0.25) is 0 Å². The molecule has 3 aromatic rings. The molecule has 0 saturated heterocycles. The van der Waals surface area contributed by atoms with Crippen molar-refractivity contribution in [3.63, 3.8) is 0 Å². The number of fused-ring (bicyclic) bond motifs is 1. The summed E-state index contributed by atoms with van der Waals surface area (Å²) in [7, 11) is 0. The molecule has 1 aromatic heterocycles. The lowest BCUT2D eigenvalue weighted by atomic mass is 10.0. The number of aldehydes is 2. The molecule has 3 nitrogen and oxygen atoms in total. The van der Waals surface area contributed by atoms with Gasteiger partial charge in [-0.2, -0.15) is 0 Å². The van der Waals surface area contributed by atoms with Gasteiger partial charge < -0.3 is 5.11 Å². The molecule has 0 aliphatic heterocycles. The molecule has 98 valence electrons. The Morgan fingerprint density at radius 3 is 2.50 bits per heavy atom. The first-order chi connectivity index (χ1) is 9.72. The topological polar surface area (TPSA) is 54.4 Å².